The number of aromatic amines is 1. The van der Waals surface area contributed by atoms with Crippen LogP contribution in [0.2, 0.25) is 0 Å². The van der Waals surface area contributed by atoms with Gasteiger partial charge in [-0.1, -0.05) is 30.3 Å². The molecule has 5 nitrogen and oxygen atoms in total. The number of carbonyl (C=O) groups is 1. The zero-order chi connectivity index (χ0) is 19.1. The van der Waals surface area contributed by atoms with E-state index >= 15 is 0 Å². The number of fused-ring (bicyclic) bond motifs is 2. The van der Waals surface area contributed by atoms with Crippen molar-refractivity contribution in [1.29, 1.82) is 0 Å². The largest absolute Gasteiger partial charge is 0.359 e. The van der Waals surface area contributed by atoms with Gasteiger partial charge in [0.2, 0.25) is 0 Å². The lowest BCUT2D eigenvalue weighted by Gasteiger charge is -2.40. The summed E-state index contributed by atoms with van der Waals surface area (Å²) >= 11 is 0. The molecule has 2 aliphatic rings. The van der Waals surface area contributed by atoms with E-state index in [1.165, 1.54) is 27.7 Å². The van der Waals surface area contributed by atoms with Gasteiger partial charge in [-0.15, -0.1) is 0 Å². The summed E-state index contributed by atoms with van der Waals surface area (Å²) in [5.41, 5.74) is 5.96. The molecule has 0 aliphatic carbocycles. The van der Waals surface area contributed by atoms with E-state index in [1.807, 2.05) is 23.1 Å². The first-order chi connectivity index (χ1) is 13.7. The molecule has 2 aliphatic heterocycles. The summed E-state index contributed by atoms with van der Waals surface area (Å²) in [6, 6.07) is 17.2. The predicted octanol–water partition coefficient (Wildman–Crippen LogP) is 4.49. The zero-order valence-corrected chi connectivity index (χ0v) is 16.2. The van der Waals surface area contributed by atoms with Gasteiger partial charge in [0.1, 0.15) is 0 Å². The molecular formula is C23H26N4O. The fourth-order valence-corrected chi connectivity index (χ4v) is 4.64. The molecule has 1 saturated heterocycles. The Bertz CT molecular complexity index is 1020. The van der Waals surface area contributed by atoms with Crippen molar-refractivity contribution in [3.05, 3.63) is 65.4 Å². The number of nitrogens with zero attached hydrogens (tertiary/aromatic N) is 2. The van der Waals surface area contributed by atoms with Gasteiger partial charge in [-0.05, 0) is 49.1 Å². The fourth-order valence-electron chi connectivity index (χ4n) is 4.64. The average Bonchev–Trinajstić information content (AvgIpc) is 3.09. The second-order valence-electron chi connectivity index (χ2n) is 8.05. The minimum atomic E-state index is 0.0460. The molecule has 3 aromatic rings. The molecule has 1 aromatic heterocycles. The number of urea groups is 1. The van der Waals surface area contributed by atoms with Crippen molar-refractivity contribution >= 4 is 22.6 Å². The molecule has 28 heavy (non-hydrogen) atoms. The third kappa shape index (κ3) is 3.16. The summed E-state index contributed by atoms with van der Waals surface area (Å²) in [5, 5.41) is 4.38. The standard InChI is InChI=1S/C23H26N4O/c1-16-13-20-17(6-4-8-22(20)24-16)14-26-11-9-19(10-12-26)27-15-18-5-2-3-7-21(18)25-23(27)28/h2-8,13,19,24H,9-12,14-15H2,1H3,(H,25,28). The lowest BCUT2D eigenvalue weighted by atomic mass is 10.00. The van der Waals surface area contributed by atoms with Crippen molar-refractivity contribution in [3.63, 3.8) is 0 Å². The molecule has 0 atom stereocenters. The normalized spacial score (nSPS) is 18.3. The van der Waals surface area contributed by atoms with Crippen LogP contribution in [0.15, 0.2) is 48.5 Å². The van der Waals surface area contributed by atoms with Crippen LogP contribution in [-0.2, 0) is 13.1 Å². The minimum absolute atomic E-state index is 0.0460. The van der Waals surface area contributed by atoms with Crippen LogP contribution in [0.4, 0.5) is 10.5 Å². The number of piperidine rings is 1. The van der Waals surface area contributed by atoms with Gasteiger partial charge in [-0.3, -0.25) is 4.90 Å². The fraction of sp³-hybridized carbons (Fsp3) is 0.348. The molecule has 1 fully saturated rings. The molecule has 2 N–H and O–H groups in total. The number of aromatic nitrogens is 1. The van der Waals surface area contributed by atoms with Gasteiger partial charge in [0.25, 0.3) is 0 Å². The van der Waals surface area contributed by atoms with Gasteiger partial charge in [-0.2, -0.15) is 0 Å². The second kappa shape index (κ2) is 6.99. The van der Waals surface area contributed by atoms with E-state index in [-0.39, 0.29) is 6.03 Å². The van der Waals surface area contributed by atoms with Gasteiger partial charge in [0, 0.05) is 54.5 Å². The quantitative estimate of drug-likeness (QED) is 0.710. The number of carbonyl (C=O) groups excluding carboxylic acids is 1. The van der Waals surface area contributed by atoms with Crippen molar-refractivity contribution in [3.8, 4) is 0 Å². The number of amides is 2. The smallest absolute Gasteiger partial charge is 0.322 e. The first-order valence-corrected chi connectivity index (χ1v) is 10.1. The number of nitrogens with one attached hydrogen (secondary N) is 2. The van der Waals surface area contributed by atoms with E-state index in [0.717, 1.165) is 38.2 Å². The minimum Gasteiger partial charge on any atom is -0.359 e. The number of hydrogen-bond donors (Lipinski definition) is 2. The summed E-state index contributed by atoms with van der Waals surface area (Å²) in [4.78, 5) is 20.5. The third-order valence-corrected chi connectivity index (χ3v) is 6.14. The number of anilines is 1. The number of para-hydroxylation sites is 1. The Balaban J connectivity index is 1.25. The molecular weight excluding hydrogens is 348 g/mol. The lowest BCUT2D eigenvalue weighted by molar-refractivity contribution is 0.118. The van der Waals surface area contributed by atoms with Crippen LogP contribution in [0.25, 0.3) is 10.9 Å². The molecule has 3 heterocycles. The molecule has 2 amide bonds. The maximum atomic E-state index is 12.6. The summed E-state index contributed by atoms with van der Waals surface area (Å²) in [7, 11) is 0. The number of hydrogen-bond acceptors (Lipinski definition) is 2. The Morgan fingerprint density at radius 2 is 1.89 bits per heavy atom. The molecule has 0 bridgehead atoms. The molecule has 0 spiro atoms. The molecule has 5 heteroatoms. The molecule has 0 saturated carbocycles. The van der Waals surface area contributed by atoms with Crippen molar-refractivity contribution in [2.75, 3.05) is 18.4 Å². The number of H-pyrrole nitrogens is 1. The molecule has 144 valence electrons. The Labute approximate surface area is 165 Å². The highest BCUT2D eigenvalue weighted by Crippen LogP contribution is 2.28. The Kier molecular flexibility index (Phi) is 4.32. The van der Waals surface area contributed by atoms with Crippen molar-refractivity contribution < 1.29 is 4.79 Å². The van der Waals surface area contributed by atoms with E-state index in [2.05, 4.69) is 52.5 Å². The summed E-state index contributed by atoms with van der Waals surface area (Å²) in [6.45, 7) is 5.84. The number of likely N-dealkylation sites (tertiary alicyclic amines) is 1. The molecule has 5 rings (SSSR count). The van der Waals surface area contributed by atoms with E-state index in [4.69, 9.17) is 0 Å². The van der Waals surface area contributed by atoms with Gasteiger partial charge < -0.3 is 15.2 Å². The summed E-state index contributed by atoms with van der Waals surface area (Å²) in [6.07, 6.45) is 2.05. The summed E-state index contributed by atoms with van der Waals surface area (Å²) in [5.74, 6) is 0. The van der Waals surface area contributed by atoms with Crippen LogP contribution in [-0.4, -0.2) is 39.9 Å². The van der Waals surface area contributed by atoms with Crippen LogP contribution in [0, 0.1) is 6.92 Å². The third-order valence-electron chi connectivity index (χ3n) is 6.14. The van der Waals surface area contributed by atoms with Crippen LogP contribution < -0.4 is 5.32 Å². The van der Waals surface area contributed by atoms with Crippen molar-refractivity contribution in [2.45, 2.75) is 38.9 Å². The molecule has 0 radical (unpaired) electrons. The summed E-state index contributed by atoms with van der Waals surface area (Å²) < 4.78 is 0. The van der Waals surface area contributed by atoms with Gasteiger partial charge in [-0.25, -0.2) is 4.79 Å². The number of benzene rings is 2. The lowest BCUT2D eigenvalue weighted by Crippen LogP contribution is -2.50. The maximum absolute atomic E-state index is 12.6. The Morgan fingerprint density at radius 3 is 2.75 bits per heavy atom. The molecule has 2 aromatic carbocycles. The van der Waals surface area contributed by atoms with Gasteiger partial charge >= 0.3 is 6.03 Å². The first kappa shape index (κ1) is 17.3. The Morgan fingerprint density at radius 1 is 1.07 bits per heavy atom. The van der Waals surface area contributed by atoms with Crippen LogP contribution >= 0.6 is 0 Å². The highest BCUT2D eigenvalue weighted by Gasteiger charge is 2.31. The van der Waals surface area contributed by atoms with Crippen LogP contribution in [0.5, 0.6) is 0 Å². The predicted molar refractivity (Wildman–Crippen MR) is 112 cm³/mol. The first-order valence-electron chi connectivity index (χ1n) is 10.1. The number of rotatable bonds is 3. The zero-order valence-electron chi connectivity index (χ0n) is 16.2. The van der Waals surface area contributed by atoms with Crippen LogP contribution in [0.1, 0.15) is 29.7 Å². The van der Waals surface area contributed by atoms with E-state index < -0.39 is 0 Å². The second-order valence-corrected chi connectivity index (χ2v) is 8.05. The van der Waals surface area contributed by atoms with Crippen molar-refractivity contribution in [1.82, 2.24) is 14.8 Å². The average molecular weight is 374 g/mol. The maximum Gasteiger partial charge on any atom is 0.322 e. The molecule has 0 unspecified atom stereocenters. The van der Waals surface area contributed by atoms with E-state index in [9.17, 15) is 4.79 Å². The highest BCUT2D eigenvalue weighted by molar-refractivity contribution is 5.92. The van der Waals surface area contributed by atoms with Crippen molar-refractivity contribution in [2.24, 2.45) is 0 Å². The van der Waals surface area contributed by atoms with E-state index in [0.29, 0.717) is 12.6 Å². The topological polar surface area (TPSA) is 51.4 Å². The van der Waals surface area contributed by atoms with Gasteiger partial charge in [0.15, 0.2) is 0 Å². The highest BCUT2D eigenvalue weighted by atomic mass is 16.2. The number of aryl methyl sites for hydroxylation is 1. The SMILES string of the molecule is Cc1cc2c(CN3CCC(N4Cc5ccccc5NC4=O)CC3)cccc2[nH]1. The van der Waals surface area contributed by atoms with Crippen LogP contribution in [0.3, 0.4) is 0 Å². The monoisotopic (exact) mass is 374 g/mol. The van der Waals surface area contributed by atoms with Gasteiger partial charge in [0.05, 0.1) is 0 Å². The van der Waals surface area contributed by atoms with E-state index in [1.54, 1.807) is 0 Å². The Hall–Kier alpha value is -2.79.